The Kier molecular flexibility index (Phi) is 7.14. The van der Waals surface area contributed by atoms with E-state index in [4.69, 9.17) is 13.9 Å². The number of benzene rings is 1. The van der Waals surface area contributed by atoms with Gasteiger partial charge in [0.2, 0.25) is 0 Å². The molecule has 0 unspecified atom stereocenters. The minimum Gasteiger partial charge on any atom is -0.538 e. The Labute approximate surface area is 148 Å². The number of ether oxygens (including phenoxy) is 2. The summed E-state index contributed by atoms with van der Waals surface area (Å²) in [6.07, 6.45) is 0. The van der Waals surface area contributed by atoms with Crippen LogP contribution in [0.15, 0.2) is 16.6 Å². The molecule has 0 heterocycles. The number of methoxy groups -OCH3 is 1. The van der Waals surface area contributed by atoms with Crippen molar-refractivity contribution in [2.24, 2.45) is 0 Å². The molecular weight excluding hydrogens is 376 g/mol. The Morgan fingerprint density at radius 3 is 1.87 bits per heavy atom. The highest BCUT2D eigenvalue weighted by Crippen LogP contribution is 2.48. The molecule has 0 N–H and O–H groups in total. The standard InChI is InChI=1S/C17H27BrO4Si/c1-11(2)23(12(3)4,13(5)6)22-17-15(20-7)8-14(18)9-16(17)21-10-19/h8-13H,1-7H3. The molecule has 0 aliphatic heterocycles. The monoisotopic (exact) mass is 402 g/mol. The van der Waals surface area contributed by atoms with Crippen molar-refractivity contribution in [1.82, 2.24) is 0 Å². The summed E-state index contributed by atoms with van der Waals surface area (Å²) in [5.41, 5.74) is 1.21. The van der Waals surface area contributed by atoms with Crippen LogP contribution < -0.4 is 13.9 Å². The lowest BCUT2D eigenvalue weighted by Gasteiger charge is -2.42. The van der Waals surface area contributed by atoms with E-state index in [0.29, 0.717) is 40.3 Å². The van der Waals surface area contributed by atoms with Gasteiger partial charge in [-0.3, -0.25) is 4.79 Å². The quantitative estimate of drug-likeness (QED) is 0.422. The molecule has 0 saturated carbocycles. The van der Waals surface area contributed by atoms with Gasteiger partial charge in [-0.15, -0.1) is 0 Å². The molecule has 0 spiro atoms. The molecule has 0 atom stereocenters. The third kappa shape index (κ3) is 4.09. The van der Waals surface area contributed by atoms with Crippen LogP contribution in [0.25, 0.3) is 0 Å². The van der Waals surface area contributed by atoms with E-state index in [2.05, 4.69) is 57.5 Å². The second-order valence-electron chi connectivity index (χ2n) is 6.57. The summed E-state index contributed by atoms with van der Waals surface area (Å²) in [4.78, 5) is 10.9. The van der Waals surface area contributed by atoms with Gasteiger partial charge in [-0.25, -0.2) is 0 Å². The SMILES string of the molecule is COc1cc(Br)cc(OC=O)c1O[Si](C(C)C)(C(C)C)C(C)C. The van der Waals surface area contributed by atoms with Gasteiger partial charge in [0, 0.05) is 4.47 Å². The highest BCUT2D eigenvalue weighted by atomic mass is 79.9. The van der Waals surface area contributed by atoms with Gasteiger partial charge in [0.05, 0.1) is 7.11 Å². The van der Waals surface area contributed by atoms with Gasteiger partial charge in [0.25, 0.3) is 14.8 Å². The molecule has 0 bridgehead atoms. The van der Waals surface area contributed by atoms with Gasteiger partial charge >= 0.3 is 0 Å². The lowest BCUT2D eigenvalue weighted by Crippen LogP contribution is -2.50. The summed E-state index contributed by atoms with van der Waals surface area (Å²) < 4.78 is 18.0. The van der Waals surface area contributed by atoms with Crippen LogP contribution in [0.1, 0.15) is 41.5 Å². The fraction of sp³-hybridized carbons (Fsp3) is 0.588. The summed E-state index contributed by atoms with van der Waals surface area (Å²) >= 11 is 3.40. The highest BCUT2D eigenvalue weighted by molar-refractivity contribution is 9.10. The minimum absolute atomic E-state index is 0.380. The van der Waals surface area contributed by atoms with Crippen molar-refractivity contribution in [3.63, 3.8) is 0 Å². The van der Waals surface area contributed by atoms with Gasteiger partial charge in [0.1, 0.15) is 0 Å². The number of rotatable bonds is 8. The molecule has 0 radical (unpaired) electrons. The lowest BCUT2D eigenvalue weighted by atomic mass is 10.3. The van der Waals surface area contributed by atoms with E-state index in [1.54, 1.807) is 13.2 Å². The van der Waals surface area contributed by atoms with Gasteiger partial charge in [-0.2, -0.15) is 0 Å². The Morgan fingerprint density at radius 2 is 1.48 bits per heavy atom. The third-order valence-electron chi connectivity index (χ3n) is 4.37. The Bertz CT molecular complexity index is 522. The molecule has 6 heteroatoms. The molecule has 130 valence electrons. The molecular formula is C17H27BrO4Si. The number of hydrogen-bond donors (Lipinski definition) is 0. The van der Waals surface area contributed by atoms with E-state index in [-0.39, 0.29) is 0 Å². The van der Waals surface area contributed by atoms with Crippen LogP contribution in [0.2, 0.25) is 16.6 Å². The van der Waals surface area contributed by atoms with Crippen LogP contribution in [-0.2, 0) is 4.79 Å². The second kappa shape index (κ2) is 8.19. The first kappa shape index (κ1) is 20.0. The number of halogens is 1. The lowest BCUT2D eigenvalue weighted by molar-refractivity contribution is -0.120. The van der Waals surface area contributed by atoms with Gasteiger partial charge in [-0.1, -0.05) is 57.5 Å². The molecule has 0 aromatic heterocycles. The largest absolute Gasteiger partial charge is 0.538 e. The second-order valence-corrected chi connectivity index (χ2v) is 12.9. The highest BCUT2D eigenvalue weighted by Gasteiger charge is 2.48. The molecule has 23 heavy (non-hydrogen) atoms. The summed E-state index contributed by atoms with van der Waals surface area (Å²) in [5.74, 6) is 1.46. The first-order valence-corrected chi connectivity index (χ1v) is 10.8. The van der Waals surface area contributed by atoms with Gasteiger partial charge in [0.15, 0.2) is 17.2 Å². The van der Waals surface area contributed by atoms with Crippen molar-refractivity contribution in [3.8, 4) is 17.2 Å². The van der Waals surface area contributed by atoms with Gasteiger partial charge in [-0.05, 0) is 28.8 Å². The number of carbonyl (C=O) groups excluding carboxylic acids is 1. The molecule has 0 saturated heterocycles. The third-order valence-corrected chi connectivity index (χ3v) is 10.8. The molecule has 0 fully saturated rings. The molecule has 0 amide bonds. The summed E-state index contributed by atoms with van der Waals surface area (Å²) in [7, 11) is -0.599. The number of hydrogen-bond acceptors (Lipinski definition) is 4. The van der Waals surface area contributed by atoms with Crippen LogP contribution in [0.5, 0.6) is 17.2 Å². The summed E-state index contributed by atoms with van der Waals surface area (Å²) in [6, 6.07) is 3.56. The zero-order valence-corrected chi connectivity index (χ0v) is 17.6. The number of carbonyl (C=O) groups is 1. The Morgan fingerprint density at radius 1 is 1.00 bits per heavy atom. The smallest absolute Gasteiger partial charge is 0.298 e. The van der Waals surface area contributed by atoms with E-state index in [9.17, 15) is 4.79 Å². The molecule has 1 aromatic rings. The Hall–Kier alpha value is -1.01. The van der Waals surface area contributed by atoms with E-state index in [0.717, 1.165) is 4.47 Å². The van der Waals surface area contributed by atoms with Crippen LogP contribution in [0.3, 0.4) is 0 Å². The van der Waals surface area contributed by atoms with Crippen molar-refractivity contribution >= 4 is 30.7 Å². The van der Waals surface area contributed by atoms with Crippen LogP contribution >= 0.6 is 15.9 Å². The van der Waals surface area contributed by atoms with Crippen molar-refractivity contribution in [2.45, 2.75) is 58.2 Å². The average Bonchev–Trinajstić information content (AvgIpc) is 2.44. The minimum atomic E-state index is -2.19. The normalized spacial score (nSPS) is 12.0. The maximum atomic E-state index is 10.9. The predicted molar refractivity (Wildman–Crippen MR) is 99.1 cm³/mol. The maximum Gasteiger partial charge on any atom is 0.298 e. The fourth-order valence-electron chi connectivity index (χ4n) is 3.47. The van der Waals surface area contributed by atoms with Crippen molar-refractivity contribution in [1.29, 1.82) is 0 Å². The molecule has 0 aliphatic carbocycles. The first-order chi connectivity index (χ1) is 10.7. The van der Waals surface area contributed by atoms with Crippen LogP contribution in [-0.4, -0.2) is 21.9 Å². The maximum absolute atomic E-state index is 10.9. The topological polar surface area (TPSA) is 44.8 Å². The van der Waals surface area contributed by atoms with Crippen LogP contribution in [0.4, 0.5) is 0 Å². The zero-order valence-electron chi connectivity index (χ0n) is 15.0. The van der Waals surface area contributed by atoms with E-state index in [1.165, 1.54) is 0 Å². The predicted octanol–water partition coefficient (Wildman–Crippen LogP) is 5.55. The fourth-order valence-corrected chi connectivity index (χ4v) is 9.14. The molecule has 1 aromatic carbocycles. The first-order valence-electron chi connectivity index (χ1n) is 7.87. The van der Waals surface area contributed by atoms with Crippen molar-refractivity contribution in [2.75, 3.05) is 7.11 Å². The Balaban J connectivity index is 3.51. The van der Waals surface area contributed by atoms with Gasteiger partial charge < -0.3 is 13.9 Å². The average molecular weight is 403 g/mol. The summed E-state index contributed by atoms with van der Waals surface area (Å²) in [6.45, 7) is 13.7. The van der Waals surface area contributed by atoms with Crippen LogP contribution in [0, 0.1) is 0 Å². The summed E-state index contributed by atoms with van der Waals surface area (Å²) in [5, 5.41) is 0. The molecule has 0 aliphatic rings. The van der Waals surface area contributed by atoms with Crippen molar-refractivity contribution < 1.29 is 18.7 Å². The van der Waals surface area contributed by atoms with Crippen molar-refractivity contribution in [3.05, 3.63) is 16.6 Å². The molecule has 4 nitrogen and oxygen atoms in total. The van der Waals surface area contributed by atoms with E-state index >= 15 is 0 Å². The molecule has 1 rings (SSSR count). The zero-order chi connectivity index (χ0) is 17.8. The van der Waals surface area contributed by atoms with E-state index in [1.807, 2.05) is 6.07 Å². The van der Waals surface area contributed by atoms with E-state index < -0.39 is 8.32 Å².